The molecule has 4 aromatic rings. The summed E-state index contributed by atoms with van der Waals surface area (Å²) in [6.07, 6.45) is 0.0169. The van der Waals surface area contributed by atoms with Gasteiger partial charge < -0.3 is 5.32 Å². The molecule has 214 valence electrons. The minimum Gasteiger partial charge on any atom is -0.324 e. The van der Waals surface area contributed by atoms with Crippen molar-refractivity contribution in [2.24, 2.45) is 11.8 Å². The van der Waals surface area contributed by atoms with Crippen molar-refractivity contribution in [3.63, 3.8) is 0 Å². The van der Waals surface area contributed by atoms with E-state index in [1.165, 1.54) is 24.3 Å². The third-order valence-electron chi connectivity index (χ3n) is 8.83. The number of alkyl halides is 2. The number of amides is 3. The van der Waals surface area contributed by atoms with Crippen LogP contribution in [0, 0.1) is 22.0 Å². The first-order chi connectivity index (χ1) is 20.7. The number of carbonyl (C=O) groups is 3. The number of hydrogen-bond acceptors (Lipinski definition) is 5. The molecule has 1 fully saturated rings. The predicted molar refractivity (Wildman–Crippen MR) is 161 cm³/mol. The summed E-state index contributed by atoms with van der Waals surface area (Å²) in [4.78, 5) is 52.0. The Kier molecular flexibility index (Phi) is 6.20. The van der Waals surface area contributed by atoms with Gasteiger partial charge >= 0.3 is 0 Å². The highest BCUT2D eigenvalue weighted by Gasteiger charge is 2.73. The number of non-ortho nitro benzene ring substituents is 1. The molecule has 3 amide bonds. The lowest BCUT2D eigenvalue weighted by atomic mass is 9.54. The molecule has 2 bridgehead atoms. The van der Waals surface area contributed by atoms with Crippen molar-refractivity contribution < 1.29 is 19.3 Å². The molecule has 3 aliphatic carbocycles. The average Bonchev–Trinajstić information content (AvgIpc) is 3.29. The molecule has 1 N–H and O–H groups in total. The largest absolute Gasteiger partial charge is 0.324 e. The van der Waals surface area contributed by atoms with Gasteiger partial charge in [0.25, 0.3) is 5.69 Å². The van der Waals surface area contributed by atoms with Gasteiger partial charge in [0.05, 0.1) is 16.8 Å². The number of nitro groups is 1. The molecule has 1 saturated heterocycles. The fourth-order valence-corrected chi connectivity index (χ4v) is 8.16. The third-order valence-corrected chi connectivity index (χ3v) is 10.1. The number of hydrogen-bond donors (Lipinski definition) is 1. The number of imide groups is 1. The van der Waals surface area contributed by atoms with E-state index in [0.717, 1.165) is 4.90 Å². The van der Waals surface area contributed by atoms with Crippen molar-refractivity contribution in [3.8, 4) is 0 Å². The molecule has 1 aliphatic heterocycles. The minimum atomic E-state index is -1.39. The van der Waals surface area contributed by atoms with Crippen molar-refractivity contribution in [2.75, 3.05) is 5.32 Å². The molecular weight excluding hydrogens is 589 g/mol. The van der Waals surface area contributed by atoms with E-state index in [9.17, 15) is 24.5 Å². The first-order valence-corrected chi connectivity index (χ1v) is 14.5. The lowest BCUT2D eigenvalue weighted by Gasteiger charge is -2.54. The van der Waals surface area contributed by atoms with Gasteiger partial charge in [-0.25, -0.2) is 0 Å². The Bertz CT molecular complexity index is 1720. The Morgan fingerprint density at radius 2 is 1.28 bits per heavy atom. The fourth-order valence-electron chi connectivity index (χ4n) is 7.06. The van der Waals surface area contributed by atoms with Gasteiger partial charge in [0.15, 0.2) is 0 Å². The summed E-state index contributed by atoms with van der Waals surface area (Å²) < 4.78 is 0. The van der Waals surface area contributed by atoms with Crippen LogP contribution in [-0.4, -0.2) is 33.6 Å². The summed E-state index contributed by atoms with van der Waals surface area (Å²) in [7, 11) is 0. The maximum Gasteiger partial charge on any atom is 0.271 e. The first-order valence-electron chi connectivity index (χ1n) is 13.7. The summed E-state index contributed by atoms with van der Waals surface area (Å²) in [6, 6.07) is 27.9. The van der Waals surface area contributed by atoms with E-state index in [4.69, 9.17) is 23.2 Å². The third kappa shape index (κ3) is 3.79. The zero-order valence-electron chi connectivity index (χ0n) is 22.4. The van der Waals surface area contributed by atoms with Crippen LogP contribution >= 0.6 is 23.2 Å². The highest BCUT2D eigenvalue weighted by atomic mass is 35.5. The van der Waals surface area contributed by atoms with Gasteiger partial charge in [-0.15, -0.1) is 23.2 Å². The molecule has 0 spiro atoms. The van der Waals surface area contributed by atoms with Gasteiger partial charge in [-0.05, 0) is 33.9 Å². The van der Waals surface area contributed by atoms with Crippen LogP contribution in [0.25, 0.3) is 0 Å². The Balaban J connectivity index is 1.35. The van der Waals surface area contributed by atoms with Crippen molar-refractivity contribution >= 4 is 52.3 Å². The van der Waals surface area contributed by atoms with E-state index in [1.54, 1.807) is 24.3 Å². The average molecular weight is 612 g/mol. The van der Waals surface area contributed by atoms with Crippen LogP contribution in [0.1, 0.15) is 27.8 Å². The van der Waals surface area contributed by atoms with Crippen LogP contribution in [0.15, 0.2) is 103 Å². The van der Waals surface area contributed by atoms with E-state index in [2.05, 4.69) is 5.32 Å². The SMILES string of the molecule is O=C(Nc1cccc([N+](=O)[O-])c1)[C@H](Cc1ccccc1)N1C(=O)[C@@H]2[C@@H](C1=O)C1(Cl)c3ccccc3C2(Cl)c2ccccc21. The second kappa shape index (κ2) is 9.76. The van der Waals surface area contributed by atoms with Crippen LogP contribution in [0.2, 0.25) is 0 Å². The fraction of sp³-hybridized carbons (Fsp3) is 0.182. The van der Waals surface area contributed by atoms with E-state index in [1.807, 2.05) is 54.6 Å². The molecule has 0 radical (unpaired) electrons. The van der Waals surface area contributed by atoms with E-state index >= 15 is 0 Å². The van der Waals surface area contributed by atoms with Gasteiger partial charge in [-0.1, -0.05) is 84.9 Å². The van der Waals surface area contributed by atoms with Gasteiger partial charge in [0.1, 0.15) is 15.8 Å². The Hall–Kier alpha value is -4.53. The van der Waals surface area contributed by atoms with E-state index < -0.39 is 50.3 Å². The normalized spacial score (nSPS) is 25.5. The number of nitrogens with zero attached hydrogens (tertiary/aromatic N) is 2. The number of carbonyl (C=O) groups excluding carboxylic acids is 3. The smallest absolute Gasteiger partial charge is 0.271 e. The number of nitro benzene ring substituents is 1. The van der Waals surface area contributed by atoms with E-state index in [0.29, 0.717) is 27.8 Å². The Labute approximate surface area is 256 Å². The second-order valence-electron chi connectivity index (χ2n) is 11.0. The molecule has 3 atom stereocenters. The van der Waals surface area contributed by atoms with Gasteiger partial charge in [-0.3, -0.25) is 29.4 Å². The minimum absolute atomic E-state index is 0.0169. The Morgan fingerprint density at radius 3 is 1.77 bits per heavy atom. The number of benzene rings is 4. The highest BCUT2D eigenvalue weighted by molar-refractivity contribution is 6.36. The number of likely N-dealkylation sites (tertiary alicyclic amines) is 1. The van der Waals surface area contributed by atoms with Crippen molar-refractivity contribution in [1.82, 2.24) is 4.90 Å². The quantitative estimate of drug-likeness (QED) is 0.129. The van der Waals surface area contributed by atoms with Gasteiger partial charge in [0, 0.05) is 24.2 Å². The first kappa shape index (κ1) is 27.3. The molecule has 4 aromatic carbocycles. The lowest BCUT2D eigenvalue weighted by Crippen LogP contribution is -2.57. The molecule has 10 heteroatoms. The van der Waals surface area contributed by atoms with Gasteiger partial charge in [0.2, 0.25) is 17.7 Å². The van der Waals surface area contributed by atoms with Crippen LogP contribution in [0.5, 0.6) is 0 Å². The summed E-state index contributed by atoms with van der Waals surface area (Å²) in [6.45, 7) is 0. The predicted octanol–water partition coefficient (Wildman–Crippen LogP) is 5.74. The van der Waals surface area contributed by atoms with Crippen molar-refractivity contribution in [1.29, 1.82) is 0 Å². The molecule has 0 unspecified atom stereocenters. The second-order valence-corrected chi connectivity index (χ2v) is 12.2. The Morgan fingerprint density at radius 1 is 0.791 bits per heavy atom. The standard InChI is InChI=1S/C33H23Cl2N3O5/c34-32-22-13-4-5-14-23(22)33(35,25-16-7-6-15-24(25)32)28-27(32)30(40)37(31(28)41)26(17-19-9-2-1-3-10-19)29(39)36-20-11-8-12-21(18-20)38(42)43/h1-16,18,26-28H,17H2,(H,36,39)/t26-,27-,28-,32?,33?/m0/s1. The molecule has 1 heterocycles. The monoisotopic (exact) mass is 611 g/mol. The summed E-state index contributed by atoms with van der Waals surface area (Å²) >= 11 is 15.1. The van der Waals surface area contributed by atoms with Crippen LogP contribution in [0.4, 0.5) is 11.4 Å². The topological polar surface area (TPSA) is 110 Å². The lowest BCUT2D eigenvalue weighted by molar-refractivity contribution is -0.384. The number of nitrogens with one attached hydrogen (secondary N) is 1. The molecule has 4 aliphatic rings. The number of halogens is 2. The van der Waals surface area contributed by atoms with Crippen molar-refractivity contribution in [3.05, 3.63) is 141 Å². The van der Waals surface area contributed by atoms with Crippen LogP contribution in [-0.2, 0) is 30.6 Å². The van der Waals surface area contributed by atoms with Crippen LogP contribution in [0.3, 0.4) is 0 Å². The zero-order valence-corrected chi connectivity index (χ0v) is 24.0. The maximum atomic E-state index is 14.5. The van der Waals surface area contributed by atoms with Gasteiger partial charge in [-0.2, -0.15) is 0 Å². The molecule has 8 rings (SSSR count). The molecule has 0 aromatic heterocycles. The number of anilines is 1. The summed E-state index contributed by atoms with van der Waals surface area (Å²) in [5, 5.41) is 14.0. The molecule has 8 nitrogen and oxygen atoms in total. The highest BCUT2D eigenvalue weighted by Crippen LogP contribution is 2.69. The summed E-state index contributed by atoms with van der Waals surface area (Å²) in [5.41, 5.74) is 3.32. The maximum absolute atomic E-state index is 14.5. The van der Waals surface area contributed by atoms with E-state index in [-0.39, 0.29) is 17.8 Å². The molecule has 0 saturated carbocycles. The molecular formula is C33H23Cl2N3O5. The van der Waals surface area contributed by atoms with Crippen molar-refractivity contribution in [2.45, 2.75) is 22.2 Å². The summed E-state index contributed by atoms with van der Waals surface area (Å²) in [5.74, 6) is -3.97. The van der Waals surface area contributed by atoms with Crippen LogP contribution < -0.4 is 5.32 Å². The molecule has 43 heavy (non-hydrogen) atoms. The number of rotatable bonds is 6. The zero-order chi connectivity index (χ0) is 30.1.